The van der Waals surface area contributed by atoms with Crippen LogP contribution in [0.2, 0.25) is 0 Å². The van der Waals surface area contributed by atoms with Crippen LogP contribution in [0.5, 0.6) is 5.75 Å². The molecule has 9 heteroatoms. The molecule has 5 N–H and O–H groups in total. The van der Waals surface area contributed by atoms with Gasteiger partial charge >= 0.3 is 13.9 Å². The van der Waals surface area contributed by atoms with E-state index >= 15 is 0 Å². The normalized spacial score (nSPS) is 10.9. The summed E-state index contributed by atoms with van der Waals surface area (Å²) in [5.41, 5.74) is 4.85. The molecular weight excluding hydrogens is 255 g/mol. The number of phosphoric ester groups is 1. The summed E-state index contributed by atoms with van der Waals surface area (Å²) in [6.45, 7) is 0. The number of nitrogens with two attached hydrogens (primary N) is 1. The van der Waals surface area contributed by atoms with Crippen LogP contribution in [-0.2, 0) is 4.57 Å². The first-order valence-corrected chi connectivity index (χ1v) is 6.29. The predicted octanol–water partition coefficient (Wildman–Crippen LogP) is 0.834. The van der Waals surface area contributed by atoms with Gasteiger partial charge in [-0.3, -0.25) is 14.5 Å². The minimum atomic E-state index is -4.62. The first-order chi connectivity index (χ1) is 7.38. The van der Waals surface area contributed by atoms with Crippen molar-refractivity contribution in [2.24, 2.45) is 5.73 Å². The van der Waals surface area contributed by atoms with E-state index < -0.39 is 13.9 Å². The van der Waals surface area contributed by atoms with Gasteiger partial charge in [-0.05, 0) is 24.1 Å². The summed E-state index contributed by atoms with van der Waals surface area (Å²) in [5.74, 6) is -0.0328. The quantitative estimate of drug-likeness (QED) is 0.472. The highest BCUT2D eigenvalue weighted by Crippen LogP contribution is 2.41. The Kier molecular flexibility index (Phi) is 4.19. The highest BCUT2D eigenvalue weighted by Gasteiger charge is 2.18. The van der Waals surface area contributed by atoms with E-state index in [-0.39, 0.29) is 5.75 Å². The van der Waals surface area contributed by atoms with Crippen molar-refractivity contribution in [3.63, 3.8) is 0 Å². The van der Waals surface area contributed by atoms with E-state index in [4.69, 9.17) is 15.5 Å². The van der Waals surface area contributed by atoms with Gasteiger partial charge in [-0.25, -0.2) is 9.36 Å². The molecule has 88 valence electrons. The van der Waals surface area contributed by atoms with Crippen molar-refractivity contribution in [2.45, 2.75) is 4.90 Å². The Balaban J connectivity index is 2.83. The third-order valence-corrected chi connectivity index (χ3v) is 2.62. The Morgan fingerprint density at radius 1 is 1.44 bits per heavy atom. The number of para-hydroxylation sites is 1. The Morgan fingerprint density at radius 2 is 2.06 bits per heavy atom. The lowest BCUT2D eigenvalue weighted by Gasteiger charge is -2.10. The second kappa shape index (κ2) is 5.22. The van der Waals surface area contributed by atoms with E-state index in [0.29, 0.717) is 4.90 Å². The number of phosphoric acid groups is 1. The average Bonchev–Trinajstić information content (AvgIpc) is 2.14. The molecule has 0 heterocycles. The highest BCUT2D eigenvalue weighted by molar-refractivity contribution is 7.98. The van der Waals surface area contributed by atoms with Gasteiger partial charge < -0.3 is 10.3 Å². The van der Waals surface area contributed by atoms with Crippen LogP contribution < -0.4 is 15.0 Å². The molecule has 7 nitrogen and oxygen atoms in total. The van der Waals surface area contributed by atoms with E-state index in [0.717, 1.165) is 11.9 Å². The van der Waals surface area contributed by atoms with Gasteiger partial charge in [-0.15, -0.1) is 0 Å². The van der Waals surface area contributed by atoms with Crippen molar-refractivity contribution in [1.29, 1.82) is 0 Å². The number of urea groups is 1. The van der Waals surface area contributed by atoms with E-state index in [1.165, 1.54) is 12.1 Å². The smallest absolute Gasteiger partial charge is 0.403 e. The van der Waals surface area contributed by atoms with Crippen LogP contribution in [0.3, 0.4) is 0 Å². The van der Waals surface area contributed by atoms with Gasteiger partial charge in [0, 0.05) is 0 Å². The third-order valence-electron chi connectivity index (χ3n) is 1.33. The average molecular weight is 264 g/mol. The number of benzene rings is 1. The highest BCUT2D eigenvalue weighted by atomic mass is 32.2. The van der Waals surface area contributed by atoms with Crippen LogP contribution in [0.15, 0.2) is 29.2 Å². The van der Waals surface area contributed by atoms with E-state index in [1.54, 1.807) is 12.1 Å². The van der Waals surface area contributed by atoms with Gasteiger partial charge in [0.1, 0.15) is 5.75 Å². The molecule has 0 aliphatic heterocycles. The summed E-state index contributed by atoms with van der Waals surface area (Å²) in [5, 5.41) is 0. The minimum absolute atomic E-state index is 0.0328. The molecule has 0 aromatic heterocycles. The summed E-state index contributed by atoms with van der Waals surface area (Å²) < 4.78 is 17.3. The van der Waals surface area contributed by atoms with Crippen LogP contribution in [0, 0.1) is 0 Å². The first-order valence-electron chi connectivity index (χ1n) is 3.95. The molecule has 0 spiro atoms. The zero-order chi connectivity index (χ0) is 12.2. The predicted molar refractivity (Wildman–Crippen MR) is 57.7 cm³/mol. The van der Waals surface area contributed by atoms with Crippen LogP contribution in [0.1, 0.15) is 0 Å². The molecule has 0 atom stereocenters. The van der Waals surface area contributed by atoms with Gasteiger partial charge in [0.15, 0.2) is 0 Å². The molecule has 0 fully saturated rings. The number of carbonyl (C=O) groups is 1. The molecule has 0 bridgehead atoms. The van der Waals surface area contributed by atoms with Crippen LogP contribution in [-0.4, -0.2) is 15.8 Å². The number of primary amides is 1. The molecule has 1 aromatic carbocycles. The largest absolute Gasteiger partial charge is 0.524 e. The van der Waals surface area contributed by atoms with Gasteiger partial charge in [0.05, 0.1) is 4.90 Å². The lowest BCUT2D eigenvalue weighted by molar-refractivity contribution is 0.254. The van der Waals surface area contributed by atoms with Gasteiger partial charge in [-0.1, -0.05) is 12.1 Å². The fourth-order valence-electron chi connectivity index (χ4n) is 0.843. The maximum absolute atomic E-state index is 10.6. The topological polar surface area (TPSA) is 122 Å². The SMILES string of the molecule is NC(=O)NSc1ccccc1OP(=O)(O)O. The van der Waals surface area contributed by atoms with Crippen molar-refractivity contribution in [2.75, 3.05) is 0 Å². The number of carbonyl (C=O) groups excluding carboxylic acids is 1. The fraction of sp³-hybridized carbons (Fsp3) is 0. The van der Waals surface area contributed by atoms with E-state index in [1.807, 2.05) is 0 Å². The molecular formula is C7H9N2O5PS. The lowest BCUT2D eigenvalue weighted by Crippen LogP contribution is -2.22. The minimum Gasteiger partial charge on any atom is -0.403 e. The van der Waals surface area contributed by atoms with Crippen molar-refractivity contribution < 1.29 is 23.7 Å². The van der Waals surface area contributed by atoms with Crippen LogP contribution in [0.4, 0.5) is 4.79 Å². The van der Waals surface area contributed by atoms with Crippen molar-refractivity contribution in [1.82, 2.24) is 4.72 Å². The maximum atomic E-state index is 10.6. The summed E-state index contributed by atoms with van der Waals surface area (Å²) in [7, 11) is -4.62. The molecule has 0 aliphatic rings. The van der Waals surface area contributed by atoms with Crippen LogP contribution in [0.25, 0.3) is 0 Å². The second-order valence-corrected chi connectivity index (χ2v) is 4.61. The first kappa shape index (κ1) is 12.9. The Bertz CT molecular complexity index is 435. The molecule has 0 radical (unpaired) electrons. The maximum Gasteiger partial charge on any atom is 0.524 e. The number of amides is 2. The molecule has 2 amide bonds. The molecule has 16 heavy (non-hydrogen) atoms. The molecule has 0 unspecified atom stereocenters. The van der Waals surface area contributed by atoms with Crippen LogP contribution >= 0.6 is 19.8 Å². The van der Waals surface area contributed by atoms with Crippen molar-refractivity contribution >= 4 is 25.8 Å². The fourth-order valence-corrected chi connectivity index (χ4v) is 1.89. The zero-order valence-corrected chi connectivity index (χ0v) is 9.57. The molecule has 0 aliphatic carbocycles. The number of rotatable bonds is 4. The van der Waals surface area contributed by atoms with Gasteiger partial charge in [0.2, 0.25) is 0 Å². The summed E-state index contributed by atoms with van der Waals surface area (Å²) in [6.07, 6.45) is 0. The Labute approximate surface area is 95.4 Å². The third kappa shape index (κ3) is 4.54. The van der Waals surface area contributed by atoms with Crippen molar-refractivity contribution in [3.8, 4) is 5.75 Å². The number of hydrogen-bond donors (Lipinski definition) is 4. The molecule has 0 saturated carbocycles. The van der Waals surface area contributed by atoms with Crippen molar-refractivity contribution in [3.05, 3.63) is 24.3 Å². The molecule has 0 saturated heterocycles. The lowest BCUT2D eigenvalue weighted by atomic mass is 10.3. The monoisotopic (exact) mass is 264 g/mol. The summed E-state index contributed by atoms with van der Waals surface area (Å²) in [4.78, 5) is 28.1. The Morgan fingerprint density at radius 3 is 2.62 bits per heavy atom. The second-order valence-electron chi connectivity index (χ2n) is 2.60. The zero-order valence-electron chi connectivity index (χ0n) is 7.86. The van der Waals surface area contributed by atoms with Gasteiger partial charge in [0.25, 0.3) is 0 Å². The summed E-state index contributed by atoms with van der Waals surface area (Å²) in [6, 6.07) is 5.28. The van der Waals surface area contributed by atoms with E-state index in [9.17, 15) is 9.36 Å². The number of hydrogen-bond acceptors (Lipinski definition) is 4. The Hall–Kier alpha value is -1.21. The standard InChI is InChI=1S/C7H9N2O5PS/c8-7(10)9-16-6-4-2-1-3-5(6)14-15(11,12)13/h1-4H,(H3,8,9,10)(H2,11,12,13). The van der Waals surface area contributed by atoms with E-state index in [2.05, 4.69) is 9.25 Å². The van der Waals surface area contributed by atoms with Gasteiger partial charge in [-0.2, -0.15) is 0 Å². The number of nitrogens with one attached hydrogen (secondary N) is 1. The molecule has 1 rings (SSSR count). The summed E-state index contributed by atoms with van der Waals surface area (Å²) >= 11 is 0.803. The molecule has 1 aromatic rings.